The number of hydrogen-bond acceptors (Lipinski definition) is 9. The fourth-order valence-corrected chi connectivity index (χ4v) is 4.23. The van der Waals surface area contributed by atoms with Crippen LogP contribution in [0.5, 0.6) is 5.75 Å². The summed E-state index contributed by atoms with van der Waals surface area (Å²) in [6, 6.07) is 3.58. The average Bonchev–Trinajstić information content (AvgIpc) is 3.52. The van der Waals surface area contributed by atoms with Crippen LogP contribution in [0.25, 0.3) is 0 Å². The van der Waals surface area contributed by atoms with Crippen LogP contribution in [-0.2, 0) is 9.53 Å². The van der Waals surface area contributed by atoms with Gasteiger partial charge in [-0.05, 0) is 18.4 Å². The lowest BCUT2D eigenvalue weighted by Gasteiger charge is -2.28. The van der Waals surface area contributed by atoms with Gasteiger partial charge in [-0.3, -0.25) is 24.7 Å². The van der Waals surface area contributed by atoms with Crippen LogP contribution in [0, 0.1) is 18.2 Å². The van der Waals surface area contributed by atoms with E-state index in [9.17, 15) is 18.8 Å². The van der Waals surface area contributed by atoms with E-state index in [1.165, 1.54) is 41.5 Å². The molecule has 1 N–H and O–H groups in total. The van der Waals surface area contributed by atoms with Gasteiger partial charge in [0.2, 0.25) is 5.95 Å². The van der Waals surface area contributed by atoms with Gasteiger partial charge in [0.15, 0.2) is 10.8 Å². The molecule has 36 heavy (non-hydrogen) atoms. The summed E-state index contributed by atoms with van der Waals surface area (Å²) in [6.07, 6.45) is 6.80. The van der Waals surface area contributed by atoms with E-state index in [2.05, 4.69) is 30.9 Å². The number of terminal acetylenes is 1. The van der Waals surface area contributed by atoms with Gasteiger partial charge in [0, 0.05) is 29.7 Å². The van der Waals surface area contributed by atoms with Gasteiger partial charge in [0.1, 0.15) is 17.5 Å². The Morgan fingerprint density at radius 1 is 1.28 bits per heavy atom. The second-order valence-corrected chi connectivity index (χ2v) is 8.25. The molecule has 11 nitrogen and oxygen atoms in total. The molecular weight excluding hydrogens is 491 g/mol. The van der Waals surface area contributed by atoms with E-state index in [1.807, 2.05) is 0 Å². The lowest BCUT2D eigenvalue weighted by atomic mass is 10.1. The number of halogens is 1. The van der Waals surface area contributed by atoms with Crippen molar-refractivity contribution in [1.82, 2.24) is 15.0 Å². The highest BCUT2D eigenvalue weighted by Crippen LogP contribution is 2.33. The zero-order valence-corrected chi connectivity index (χ0v) is 19.9. The number of rotatable bonds is 6. The van der Waals surface area contributed by atoms with Crippen LogP contribution in [0.15, 0.2) is 36.0 Å². The van der Waals surface area contributed by atoms with E-state index >= 15 is 0 Å². The molecule has 3 aromatic rings. The summed E-state index contributed by atoms with van der Waals surface area (Å²) in [4.78, 5) is 53.4. The summed E-state index contributed by atoms with van der Waals surface area (Å²) in [5.74, 6) is 0.986. The number of nitrogens with zero attached hydrogens (tertiary/aromatic N) is 5. The molecule has 13 heteroatoms. The SMILES string of the molecule is C#Cc1nc(C(=O)N(c2cc(NC(=O)OC)cc(OC)c2)C2CCN(c3ncc(F)cn3)C2=O)cs1. The molecule has 1 aliphatic rings. The Bertz CT molecular complexity index is 1360. The second kappa shape index (κ2) is 10.4. The zero-order valence-electron chi connectivity index (χ0n) is 19.1. The molecule has 3 heterocycles. The third-order valence-electron chi connectivity index (χ3n) is 5.24. The highest BCUT2D eigenvalue weighted by Gasteiger charge is 2.41. The van der Waals surface area contributed by atoms with Crippen LogP contribution in [0.3, 0.4) is 0 Å². The van der Waals surface area contributed by atoms with Crippen LogP contribution in [0.4, 0.5) is 26.5 Å². The number of anilines is 3. The molecule has 0 saturated carbocycles. The van der Waals surface area contributed by atoms with Gasteiger partial charge in [-0.15, -0.1) is 17.8 Å². The van der Waals surface area contributed by atoms with Crippen LogP contribution in [-0.4, -0.2) is 59.7 Å². The molecule has 1 fully saturated rings. The lowest BCUT2D eigenvalue weighted by Crippen LogP contribution is -2.46. The molecule has 1 aliphatic heterocycles. The Labute approximate surface area is 208 Å². The molecule has 0 radical (unpaired) electrons. The highest BCUT2D eigenvalue weighted by molar-refractivity contribution is 7.10. The van der Waals surface area contributed by atoms with Gasteiger partial charge in [0.25, 0.3) is 11.8 Å². The molecule has 0 spiro atoms. The van der Waals surface area contributed by atoms with Gasteiger partial charge in [-0.2, -0.15) is 0 Å². The first-order chi connectivity index (χ1) is 17.3. The van der Waals surface area contributed by atoms with Crippen molar-refractivity contribution >= 4 is 46.6 Å². The molecule has 1 atom stereocenters. The average molecular weight is 511 g/mol. The van der Waals surface area contributed by atoms with Crippen LogP contribution in [0.2, 0.25) is 0 Å². The topological polar surface area (TPSA) is 127 Å². The van der Waals surface area contributed by atoms with E-state index in [0.29, 0.717) is 10.8 Å². The largest absolute Gasteiger partial charge is 0.497 e. The smallest absolute Gasteiger partial charge is 0.411 e. The van der Waals surface area contributed by atoms with Crippen molar-refractivity contribution in [1.29, 1.82) is 0 Å². The third-order valence-corrected chi connectivity index (χ3v) is 6.01. The van der Waals surface area contributed by atoms with E-state index in [1.54, 1.807) is 6.07 Å². The number of ether oxygens (including phenoxy) is 2. The summed E-state index contributed by atoms with van der Waals surface area (Å²) >= 11 is 1.11. The number of carbonyl (C=O) groups is 3. The monoisotopic (exact) mass is 510 g/mol. The molecule has 0 aliphatic carbocycles. The lowest BCUT2D eigenvalue weighted by molar-refractivity contribution is -0.118. The quantitative estimate of drug-likeness (QED) is 0.502. The number of thiazole rings is 1. The van der Waals surface area contributed by atoms with E-state index in [-0.39, 0.29) is 36.0 Å². The number of nitrogens with one attached hydrogen (secondary N) is 1. The third kappa shape index (κ3) is 4.93. The number of amides is 3. The number of carbonyl (C=O) groups excluding carboxylic acids is 3. The number of hydrogen-bond donors (Lipinski definition) is 1. The Hall–Kier alpha value is -4.57. The van der Waals surface area contributed by atoms with Crippen molar-refractivity contribution in [2.75, 3.05) is 35.9 Å². The summed E-state index contributed by atoms with van der Waals surface area (Å²) < 4.78 is 23.3. The maximum Gasteiger partial charge on any atom is 0.411 e. The van der Waals surface area contributed by atoms with E-state index in [0.717, 1.165) is 23.7 Å². The zero-order chi connectivity index (χ0) is 25.8. The molecule has 3 amide bonds. The van der Waals surface area contributed by atoms with Gasteiger partial charge in [0.05, 0.1) is 32.3 Å². The Morgan fingerprint density at radius 2 is 2.03 bits per heavy atom. The molecule has 4 rings (SSSR count). The standard InChI is InChI=1S/C23H19FN6O5S/c1-4-19-28-17(12-36-19)20(31)30(15-7-14(27-23(33)35-3)8-16(9-15)34-2)18-5-6-29(21(18)32)22-25-10-13(24)11-26-22/h1,7-12,18H,5-6H2,2-3H3,(H,27,33). The van der Waals surface area contributed by atoms with Crippen LogP contribution >= 0.6 is 11.3 Å². The van der Waals surface area contributed by atoms with Gasteiger partial charge >= 0.3 is 6.09 Å². The molecule has 1 unspecified atom stereocenters. The molecule has 184 valence electrons. The maximum absolute atomic E-state index is 13.7. The Kier molecular flexibility index (Phi) is 7.07. The van der Waals surface area contributed by atoms with Crippen molar-refractivity contribution in [3.63, 3.8) is 0 Å². The molecule has 2 aromatic heterocycles. The predicted molar refractivity (Wildman–Crippen MR) is 129 cm³/mol. The first-order valence-electron chi connectivity index (χ1n) is 10.4. The number of aromatic nitrogens is 3. The second-order valence-electron chi connectivity index (χ2n) is 7.39. The predicted octanol–water partition coefficient (Wildman–Crippen LogP) is 2.69. The summed E-state index contributed by atoms with van der Waals surface area (Å²) in [5.41, 5.74) is 0.560. The summed E-state index contributed by atoms with van der Waals surface area (Å²) in [6.45, 7) is 0.183. The molecular formula is C23H19FN6O5S. The van der Waals surface area contributed by atoms with Crippen molar-refractivity contribution < 1.29 is 28.2 Å². The fourth-order valence-electron chi connectivity index (χ4n) is 3.63. The minimum atomic E-state index is -0.986. The fraction of sp³-hybridized carbons (Fsp3) is 0.217. The Morgan fingerprint density at radius 3 is 2.67 bits per heavy atom. The normalized spacial score (nSPS) is 14.8. The molecule has 1 saturated heterocycles. The van der Waals surface area contributed by atoms with Crippen molar-refractivity contribution in [3.8, 4) is 18.1 Å². The minimum absolute atomic E-state index is 0.0123. The van der Waals surface area contributed by atoms with Gasteiger partial charge < -0.3 is 9.47 Å². The van der Waals surface area contributed by atoms with E-state index in [4.69, 9.17) is 11.2 Å². The number of benzene rings is 1. The molecule has 0 bridgehead atoms. The first kappa shape index (κ1) is 24.6. The highest BCUT2D eigenvalue weighted by atomic mass is 32.1. The van der Waals surface area contributed by atoms with Gasteiger partial charge in [-0.1, -0.05) is 0 Å². The van der Waals surface area contributed by atoms with Crippen molar-refractivity contribution in [2.24, 2.45) is 0 Å². The summed E-state index contributed by atoms with van der Waals surface area (Å²) in [7, 11) is 2.63. The van der Waals surface area contributed by atoms with Gasteiger partial charge in [-0.25, -0.2) is 24.1 Å². The van der Waals surface area contributed by atoms with Crippen molar-refractivity contribution in [3.05, 3.63) is 52.5 Å². The number of methoxy groups -OCH3 is 2. The summed E-state index contributed by atoms with van der Waals surface area (Å²) in [5, 5.41) is 4.33. The maximum atomic E-state index is 13.7. The molecule has 1 aromatic carbocycles. The van der Waals surface area contributed by atoms with Crippen LogP contribution < -0.4 is 19.9 Å². The minimum Gasteiger partial charge on any atom is -0.497 e. The van der Waals surface area contributed by atoms with Crippen LogP contribution in [0.1, 0.15) is 21.9 Å². The van der Waals surface area contributed by atoms with Crippen molar-refractivity contribution in [2.45, 2.75) is 12.5 Å². The van der Waals surface area contributed by atoms with E-state index < -0.39 is 29.8 Å². The first-order valence-corrected chi connectivity index (χ1v) is 11.3. The Balaban J connectivity index is 1.77.